The molecule has 1 aromatic rings. The van der Waals surface area contributed by atoms with E-state index in [2.05, 4.69) is 33.0 Å². The Bertz CT molecular complexity index is 162. The van der Waals surface area contributed by atoms with Gasteiger partial charge in [0.05, 0.1) is 0 Å². The molecule has 0 radical (unpaired) electrons. The summed E-state index contributed by atoms with van der Waals surface area (Å²) in [6, 6.07) is 6.12. The molecule has 0 amide bonds. The normalized spacial score (nSPS) is 9.44. The van der Waals surface area contributed by atoms with Crippen molar-refractivity contribution in [2.24, 2.45) is 0 Å². The molecule has 0 aromatic carbocycles. The predicted octanol–water partition coefficient (Wildman–Crippen LogP) is 0.293. The number of rotatable bonds is 2. The number of hydrogen-bond acceptors (Lipinski definition) is 0. The van der Waals surface area contributed by atoms with Gasteiger partial charge in [-0.1, -0.05) is 0 Å². The summed E-state index contributed by atoms with van der Waals surface area (Å²) >= 11 is 2.58. The fourth-order valence-electron chi connectivity index (χ4n) is 0.699. The van der Waals surface area contributed by atoms with E-state index in [0.29, 0.717) is 0 Å². The van der Waals surface area contributed by atoms with Gasteiger partial charge in [-0.05, 0) is 0 Å². The first-order chi connectivity index (χ1) is 4.43. The summed E-state index contributed by atoms with van der Waals surface area (Å²) in [6.07, 6.45) is 4.15. The molecule has 0 aliphatic carbocycles. The Hall–Kier alpha value is -0.331. The maximum absolute atomic E-state index is 2.58. The molecule has 0 saturated carbocycles. The average molecular weight is 187 g/mol. The first-order valence-corrected chi connectivity index (χ1v) is 4.31. The Kier molecular flexibility index (Phi) is 2.75. The molecule has 2 heteroatoms. The molecule has 1 aromatic heterocycles. The summed E-state index contributed by atoms with van der Waals surface area (Å²) in [4.78, 5) is 0. The van der Waals surface area contributed by atoms with E-state index < -0.39 is 0 Å². The quantitative estimate of drug-likeness (QED) is 0.463. The van der Waals surface area contributed by atoms with Crippen LogP contribution in [-0.2, 0) is 6.54 Å². The zero-order valence-electron chi connectivity index (χ0n) is 5.20. The molecule has 0 spiro atoms. The van der Waals surface area contributed by atoms with E-state index in [1.54, 1.807) is 0 Å². The van der Waals surface area contributed by atoms with Crippen molar-refractivity contribution in [1.82, 2.24) is 0 Å². The number of pyridine rings is 1. The topological polar surface area (TPSA) is 3.88 Å². The van der Waals surface area contributed by atoms with Gasteiger partial charge in [-0.3, -0.25) is 0 Å². The Labute approximate surface area is 63.5 Å². The van der Waals surface area contributed by atoms with Crippen LogP contribution in [0.4, 0.5) is 0 Å². The van der Waals surface area contributed by atoms with E-state index in [4.69, 9.17) is 0 Å². The van der Waals surface area contributed by atoms with Crippen molar-refractivity contribution >= 4 is 16.0 Å². The van der Waals surface area contributed by atoms with Crippen LogP contribution in [0, 0.1) is 0 Å². The first-order valence-electron chi connectivity index (χ1n) is 2.98. The molecule has 1 nitrogen and oxygen atoms in total. The SMILES string of the molecule is [SeH]CC[n+]1ccccc1. The van der Waals surface area contributed by atoms with Crippen molar-refractivity contribution in [3.8, 4) is 0 Å². The van der Waals surface area contributed by atoms with Crippen LogP contribution in [0.3, 0.4) is 0 Å². The predicted molar refractivity (Wildman–Crippen MR) is 38.6 cm³/mol. The van der Waals surface area contributed by atoms with Crippen LogP contribution in [-0.4, -0.2) is 16.0 Å². The second-order valence-electron chi connectivity index (χ2n) is 1.84. The molecule has 0 N–H and O–H groups in total. The summed E-state index contributed by atoms with van der Waals surface area (Å²) in [7, 11) is 0. The van der Waals surface area contributed by atoms with Crippen LogP contribution in [0.1, 0.15) is 0 Å². The third-order valence-corrected chi connectivity index (χ3v) is 1.56. The third-order valence-electron chi connectivity index (χ3n) is 1.14. The molecule has 1 rings (SSSR count). The summed E-state index contributed by atoms with van der Waals surface area (Å²) in [6.45, 7) is 1.10. The van der Waals surface area contributed by atoms with Gasteiger partial charge in [0.15, 0.2) is 0 Å². The van der Waals surface area contributed by atoms with Crippen molar-refractivity contribution in [3.05, 3.63) is 30.6 Å². The van der Waals surface area contributed by atoms with Crippen molar-refractivity contribution in [2.45, 2.75) is 11.9 Å². The molecule has 0 unspecified atom stereocenters. The molecule has 0 atom stereocenters. The monoisotopic (exact) mass is 188 g/mol. The molecular formula is C7H10NSe+. The van der Waals surface area contributed by atoms with Crippen LogP contribution in [0.5, 0.6) is 0 Å². The van der Waals surface area contributed by atoms with Gasteiger partial charge in [0.1, 0.15) is 0 Å². The zero-order chi connectivity index (χ0) is 6.53. The fraction of sp³-hybridized carbons (Fsp3) is 0.286. The van der Waals surface area contributed by atoms with Crippen LogP contribution in [0.2, 0.25) is 5.32 Å². The summed E-state index contributed by atoms with van der Waals surface area (Å²) < 4.78 is 2.16. The fourth-order valence-corrected chi connectivity index (χ4v) is 1.18. The van der Waals surface area contributed by atoms with Crippen molar-refractivity contribution in [3.63, 3.8) is 0 Å². The van der Waals surface area contributed by atoms with Crippen molar-refractivity contribution in [2.75, 3.05) is 0 Å². The molecule has 0 aliphatic rings. The average Bonchev–Trinajstić information content (AvgIpc) is 1.91. The zero-order valence-corrected chi connectivity index (χ0v) is 7.07. The number of nitrogens with zero attached hydrogens (tertiary/aromatic N) is 1. The summed E-state index contributed by atoms with van der Waals surface area (Å²) in [5.74, 6) is 0. The van der Waals surface area contributed by atoms with Gasteiger partial charge in [-0.2, -0.15) is 0 Å². The van der Waals surface area contributed by atoms with E-state index in [9.17, 15) is 0 Å². The van der Waals surface area contributed by atoms with Crippen LogP contribution in [0.25, 0.3) is 0 Å². The van der Waals surface area contributed by atoms with E-state index in [1.807, 2.05) is 18.2 Å². The number of hydrogen-bond donors (Lipinski definition) is 0. The Morgan fingerprint density at radius 1 is 1.11 bits per heavy atom. The van der Waals surface area contributed by atoms with Crippen LogP contribution < -0.4 is 4.57 Å². The van der Waals surface area contributed by atoms with E-state index in [0.717, 1.165) is 11.9 Å². The van der Waals surface area contributed by atoms with Gasteiger partial charge < -0.3 is 0 Å². The second kappa shape index (κ2) is 3.65. The van der Waals surface area contributed by atoms with Crippen LogP contribution in [0.15, 0.2) is 30.6 Å². The third kappa shape index (κ3) is 2.17. The standard InChI is InChI=1S/C7H9NSe/c9-7-6-8-4-2-1-3-5-8/h1-5H,6-7H2/p+1. The molecular weight excluding hydrogens is 177 g/mol. The van der Waals surface area contributed by atoms with Gasteiger partial charge in [-0.15, -0.1) is 0 Å². The molecule has 0 bridgehead atoms. The van der Waals surface area contributed by atoms with Gasteiger partial charge in [0.2, 0.25) is 0 Å². The summed E-state index contributed by atoms with van der Waals surface area (Å²) in [5, 5.41) is 1.14. The second-order valence-corrected chi connectivity index (χ2v) is 2.78. The van der Waals surface area contributed by atoms with Crippen molar-refractivity contribution < 1.29 is 4.57 Å². The number of aromatic nitrogens is 1. The summed E-state index contributed by atoms with van der Waals surface area (Å²) in [5.41, 5.74) is 0. The molecule has 48 valence electrons. The van der Waals surface area contributed by atoms with Crippen LogP contribution >= 0.6 is 0 Å². The molecule has 0 saturated heterocycles. The Balaban J connectivity index is 2.61. The van der Waals surface area contributed by atoms with E-state index in [-0.39, 0.29) is 0 Å². The molecule has 0 aliphatic heterocycles. The first kappa shape index (κ1) is 6.78. The molecule has 9 heavy (non-hydrogen) atoms. The minimum atomic E-state index is 1.10. The van der Waals surface area contributed by atoms with E-state index >= 15 is 0 Å². The van der Waals surface area contributed by atoms with Crippen molar-refractivity contribution in [1.29, 1.82) is 0 Å². The van der Waals surface area contributed by atoms with E-state index in [1.165, 1.54) is 0 Å². The minimum absolute atomic E-state index is 1.10. The molecule has 0 fully saturated rings. The Morgan fingerprint density at radius 2 is 1.78 bits per heavy atom. The Morgan fingerprint density at radius 3 is 2.33 bits per heavy atom. The molecule has 1 heterocycles. The van der Waals surface area contributed by atoms with Gasteiger partial charge in [0, 0.05) is 0 Å². The van der Waals surface area contributed by atoms with Gasteiger partial charge >= 0.3 is 63.0 Å². The van der Waals surface area contributed by atoms with Gasteiger partial charge in [-0.25, -0.2) is 0 Å². The van der Waals surface area contributed by atoms with Gasteiger partial charge in [0.25, 0.3) is 0 Å². The number of aryl methyl sites for hydroxylation is 1. The maximum atomic E-state index is 2.58.